The summed E-state index contributed by atoms with van der Waals surface area (Å²) in [5.74, 6) is -2.45. The number of carbonyl (C=O) groups is 2. The van der Waals surface area contributed by atoms with Gasteiger partial charge in [-0.3, -0.25) is 4.79 Å². The fraction of sp³-hybridized carbons (Fsp3) is 0.619. The molecule has 1 heterocycles. The Balaban J connectivity index is 1.92. The van der Waals surface area contributed by atoms with E-state index < -0.39 is 31.8 Å². The van der Waals surface area contributed by atoms with Crippen molar-refractivity contribution in [2.75, 3.05) is 13.1 Å². The molecule has 0 aromatic heterocycles. The minimum Gasteiger partial charge on any atom is -0.480 e. The van der Waals surface area contributed by atoms with Crippen molar-refractivity contribution in [2.45, 2.75) is 69.3 Å². The number of carbonyl (C=O) groups excluding carboxylic acids is 1. The minimum absolute atomic E-state index is 0.349. The van der Waals surface area contributed by atoms with Crippen molar-refractivity contribution in [3.8, 4) is 0 Å². The number of carboxylic acid groups (broad SMARTS) is 1. The van der Waals surface area contributed by atoms with E-state index in [4.69, 9.17) is 5.73 Å². The minimum atomic E-state index is -2.23. The van der Waals surface area contributed by atoms with Crippen LogP contribution < -0.4 is 10.8 Å². The first kappa shape index (κ1) is 24.4. The summed E-state index contributed by atoms with van der Waals surface area (Å²) in [6, 6.07) is 8.23. The van der Waals surface area contributed by atoms with Crippen molar-refractivity contribution < 1.29 is 24.4 Å². The quantitative estimate of drug-likeness (QED) is 0.274. The van der Waals surface area contributed by atoms with Crippen LogP contribution in [0.3, 0.4) is 0 Å². The van der Waals surface area contributed by atoms with Gasteiger partial charge in [-0.2, -0.15) is 0 Å². The lowest BCUT2D eigenvalue weighted by atomic mass is 10.1. The third-order valence-corrected chi connectivity index (χ3v) is 6.76. The van der Waals surface area contributed by atoms with Gasteiger partial charge in [-0.25, -0.2) is 4.79 Å². The van der Waals surface area contributed by atoms with E-state index in [2.05, 4.69) is 5.09 Å². The molecule has 1 amide bonds. The van der Waals surface area contributed by atoms with Crippen LogP contribution in [0.25, 0.3) is 0 Å². The molecule has 0 aliphatic carbocycles. The van der Waals surface area contributed by atoms with Gasteiger partial charge < -0.3 is 20.8 Å². The molecular formula is C21H33N3O5P+. The second-order valence-electron chi connectivity index (χ2n) is 7.68. The fourth-order valence-corrected chi connectivity index (χ4v) is 4.85. The number of benzene rings is 1. The van der Waals surface area contributed by atoms with Crippen LogP contribution in [0.4, 0.5) is 0 Å². The van der Waals surface area contributed by atoms with Crippen molar-refractivity contribution >= 4 is 19.8 Å². The Morgan fingerprint density at radius 2 is 1.93 bits per heavy atom. The Kier molecular flexibility index (Phi) is 10.4. The second kappa shape index (κ2) is 12.7. The summed E-state index contributed by atoms with van der Waals surface area (Å²) < 4.78 is 12.6. The highest BCUT2D eigenvalue weighted by atomic mass is 31.1. The van der Waals surface area contributed by atoms with Crippen LogP contribution in [0.15, 0.2) is 30.3 Å². The average Bonchev–Trinajstić information content (AvgIpc) is 3.23. The zero-order valence-corrected chi connectivity index (χ0v) is 18.2. The molecule has 1 aliphatic rings. The molecule has 30 heavy (non-hydrogen) atoms. The summed E-state index contributed by atoms with van der Waals surface area (Å²) >= 11 is 0. The average molecular weight is 438 g/mol. The molecule has 0 radical (unpaired) electrons. The van der Waals surface area contributed by atoms with Crippen molar-refractivity contribution in [2.24, 2.45) is 5.73 Å². The van der Waals surface area contributed by atoms with Crippen LogP contribution in [0.5, 0.6) is 0 Å². The predicted octanol–water partition coefficient (Wildman–Crippen LogP) is 2.23. The number of unbranched alkanes of at least 4 members (excludes halogenated alkanes) is 1. The Morgan fingerprint density at radius 3 is 2.60 bits per heavy atom. The number of amides is 1. The SMILES string of the molecule is NCCCC[C@H](N[P+](=O)C(O)CCCc1ccccc1)C(=O)N1CCC[C@H]1C(=O)O. The van der Waals surface area contributed by atoms with Crippen LogP contribution in [0, 0.1) is 0 Å². The normalized spacial score (nSPS) is 18.8. The summed E-state index contributed by atoms with van der Waals surface area (Å²) in [7, 11) is -2.23. The van der Waals surface area contributed by atoms with E-state index in [0.29, 0.717) is 58.0 Å². The van der Waals surface area contributed by atoms with E-state index in [-0.39, 0.29) is 5.91 Å². The molecule has 2 unspecified atom stereocenters. The fourth-order valence-electron chi connectivity index (χ4n) is 3.71. The number of hydrogen-bond acceptors (Lipinski definition) is 5. The van der Waals surface area contributed by atoms with Gasteiger partial charge in [0.05, 0.1) is 0 Å². The van der Waals surface area contributed by atoms with Gasteiger partial charge in [-0.05, 0) is 61.6 Å². The summed E-state index contributed by atoms with van der Waals surface area (Å²) in [6.07, 6.45) is 4.61. The van der Waals surface area contributed by atoms with Gasteiger partial charge in [-0.15, -0.1) is 0 Å². The molecule has 166 valence electrons. The largest absolute Gasteiger partial charge is 0.480 e. The van der Waals surface area contributed by atoms with E-state index in [1.165, 1.54) is 4.90 Å². The summed E-state index contributed by atoms with van der Waals surface area (Å²) in [4.78, 5) is 25.8. The highest BCUT2D eigenvalue weighted by molar-refractivity contribution is 7.43. The Bertz CT molecular complexity index is 703. The lowest BCUT2D eigenvalue weighted by Gasteiger charge is -2.25. The molecule has 4 atom stereocenters. The predicted molar refractivity (Wildman–Crippen MR) is 115 cm³/mol. The number of aliphatic carboxylic acids is 1. The van der Waals surface area contributed by atoms with Crippen LogP contribution in [0.1, 0.15) is 50.5 Å². The summed E-state index contributed by atoms with van der Waals surface area (Å²) in [5, 5.41) is 22.5. The monoisotopic (exact) mass is 438 g/mol. The number of aryl methyl sites for hydroxylation is 1. The number of nitrogens with zero attached hydrogens (tertiary/aromatic N) is 1. The molecule has 0 saturated carbocycles. The molecule has 2 rings (SSSR count). The lowest BCUT2D eigenvalue weighted by molar-refractivity contribution is -0.148. The molecule has 8 nitrogen and oxygen atoms in total. The van der Waals surface area contributed by atoms with E-state index in [0.717, 1.165) is 12.0 Å². The van der Waals surface area contributed by atoms with Gasteiger partial charge in [0.2, 0.25) is 5.91 Å². The number of nitrogens with one attached hydrogen (secondary N) is 1. The third kappa shape index (κ3) is 7.43. The highest BCUT2D eigenvalue weighted by Gasteiger charge is 2.40. The van der Waals surface area contributed by atoms with Crippen molar-refractivity contribution in [1.29, 1.82) is 0 Å². The molecule has 9 heteroatoms. The number of nitrogens with two attached hydrogens (primary N) is 1. The molecule has 5 N–H and O–H groups in total. The zero-order valence-electron chi connectivity index (χ0n) is 17.3. The van der Waals surface area contributed by atoms with Crippen molar-refractivity contribution in [3.63, 3.8) is 0 Å². The van der Waals surface area contributed by atoms with Gasteiger partial charge in [0.1, 0.15) is 12.1 Å². The third-order valence-electron chi connectivity index (χ3n) is 5.39. The number of hydrogen-bond donors (Lipinski definition) is 4. The molecule has 1 aromatic carbocycles. The van der Waals surface area contributed by atoms with Gasteiger partial charge >= 0.3 is 13.9 Å². The van der Waals surface area contributed by atoms with E-state index in [1.807, 2.05) is 30.3 Å². The molecular weight excluding hydrogens is 405 g/mol. The summed E-state index contributed by atoms with van der Waals surface area (Å²) in [5.41, 5.74) is 6.69. The molecule has 1 fully saturated rings. The molecule has 0 bridgehead atoms. The molecule has 1 saturated heterocycles. The van der Waals surface area contributed by atoms with Gasteiger partial charge in [0.15, 0.2) is 0 Å². The van der Waals surface area contributed by atoms with Gasteiger partial charge in [-0.1, -0.05) is 35.4 Å². The van der Waals surface area contributed by atoms with Crippen molar-refractivity contribution in [1.82, 2.24) is 9.99 Å². The van der Waals surface area contributed by atoms with Crippen LogP contribution >= 0.6 is 7.95 Å². The van der Waals surface area contributed by atoms with Gasteiger partial charge in [0.25, 0.3) is 5.85 Å². The van der Waals surface area contributed by atoms with Crippen LogP contribution in [-0.2, 0) is 20.6 Å². The van der Waals surface area contributed by atoms with E-state index >= 15 is 0 Å². The first-order chi connectivity index (χ1) is 14.4. The summed E-state index contributed by atoms with van der Waals surface area (Å²) in [6.45, 7) is 0.859. The molecule has 1 aromatic rings. The van der Waals surface area contributed by atoms with Crippen molar-refractivity contribution in [3.05, 3.63) is 35.9 Å². The topological polar surface area (TPSA) is 133 Å². The second-order valence-corrected chi connectivity index (χ2v) is 9.18. The number of aliphatic hydroxyl groups is 1. The van der Waals surface area contributed by atoms with E-state index in [1.54, 1.807) is 0 Å². The highest BCUT2D eigenvalue weighted by Crippen LogP contribution is 2.29. The maximum Gasteiger partial charge on any atom is 0.464 e. The Hall–Kier alpha value is -1.86. The number of rotatable bonds is 13. The van der Waals surface area contributed by atoms with Crippen LogP contribution in [0.2, 0.25) is 0 Å². The number of likely N-dealkylation sites (tertiary alicyclic amines) is 1. The number of carboxylic acids is 1. The first-order valence-electron chi connectivity index (χ1n) is 10.6. The molecule has 0 spiro atoms. The first-order valence-corrected chi connectivity index (χ1v) is 11.9. The lowest BCUT2D eigenvalue weighted by Crippen LogP contribution is -2.49. The Labute approximate surface area is 178 Å². The van der Waals surface area contributed by atoms with Gasteiger partial charge in [0, 0.05) is 13.0 Å². The standard InChI is InChI=1S/C21H32N3O5P/c22-14-5-4-11-17(20(26)24-15-7-12-18(24)21(27)28)23-30(29)19(25)13-6-10-16-8-2-1-3-9-16/h1-3,8-9,17-19,25H,4-7,10-15,22H2,(H-,23,27,28,29)/p+1/t17-,18-,19?/m0/s1. The molecule has 1 aliphatic heterocycles. The van der Waals surface area contributed by atoms with Crippen LogP contribution in [-0.4, -0.2) is 58.0 Å². The smallest absolute Gasteiger partial charge is 0.464 e. The maximum atomic E-state index is 13.0. The van der Waals surface area contributed by atoms with E-state index in [9.17, 15) is 24.4 Å². The Morgan fingerprint density at radius 1 is 1.20 bits per heavy atom. The number of aliphatic hydroxyl groups excluding tert-OH is 1. The zero-order chi connectivity index (χ0) is 21.9. The maximum absolute atomic E-state index is 13.0.